The van der Waals surface area contributed by atoms with Crippen molar-refractivity contribution < 1.29 is 0 Å². The van der Waals surface area contributed by atoms with E-state index in [1.165, 1.54) is 0 Å². The standard InChI is InChI=1S/C16H20N6/c1-9(2)13-8-15(20-16-7-11(4)21-22(13)16)19-14-6-10(3)17-12(5)18-14/h6-9H,1-5H3,(H,17,18,19,20). The summed E-state index contributed by atoms with van der Waals surface area (Å²) in [4.78, 5) is 13.3. The summed E-state index contributed by atoms with van der Waals surface area (Å²) in [6.07, 6.45) is 0. The third-order valence-corrected chi connectivity index (χ3v) is 3.39. The molecule has 0 aromatic carbocycles. The summed E-state index contributed by atoms with van der Waals surface area (Å²) >= 11 is 0. The van der Waals surface area contributed by atoms with Crippen LogP contribution >= 0.6 is 0 Å². The topological polar surface area (TPSA) is 68.0 Å². The number of hydrogen-bond acceptors (Lipinski definition) is 5. The zero-order chi connectivity index (χ0) is 15.9. The highest BCUT2D eigenvalue weighted by molar-refractivity contribution is 5.57. The van der Waals surface area contributed by atoms with E-state index in [0.717, 1.165) is 40.2 Å². The lowest BCUT2D eigenvalue weighted by Gasteiger charge is -2.12. The predicted molar refractivity (Wildman–Crippen MR) is 86.6 cm³/mol. The second-order valence-electron chi connectivity index (χ2n) is 5.84. The molecule has 6 heteroatoms. The van der Waals surface area contributed by atoms with Crippen molar-refractivity contribution in [1.29, 1.82) is 0 Å². The molecule has 0 bridgehead atoms. The normalized spacial score (nSPS) is 11.4. The molecule has 0 fully saturated rings. The number of rotatable bonds is 3. The van der Waals surface area contributed by atoms with E-state index < -0.39 is 0 Å². The SMILES string of the molecule is Cc1cc(Nc2cc(C(C)C)n3nc(C)cc3n2)nc(C)n1. The maximum Gasteiger partial charge on any atom is 0.157 e. The van der Waals surface area contributed by atoms with Gasteiger partial charge in [0.05, 0.1) is 11.4 Å². The molecule has 0 radical (unpaired) electrons. The van der Waals surface area contributed by atoms with E-state index in [4.69, 9.17) is 0 Å². The van der Waals surface area contributed by atoms with Crippen LogP contribution in [-0.2, 0) is 0 Å². The van der Waals surface area contributed by atoms with Crippen LogP contribution in [0.1, 0.15) is 42.7 Å². The highest BCUT2D eigenvalue weighted by atomic mass is 15.3. The van der Waals surface area contributed by atoms with Gasteiger partial charge >= 0.3 is 0 Å². The number of nitrogens with one attached hydrogen (secondary N) is 1. The summed E-state index contributed by atoms with van der Waals surface area (Å²) in [5, 5.41) is 7.79. The molecule has 1 N–H and O–H groups in total. The van der Waals surface area contributed by atoms with Crippen LogP contribution in [0.3, 0.4) is 0 Å². The van der Waals surface area contributed by atoms with Gasteiger partial charge in [-0.2, -0.15) is 5.10 Å². The maximum atomic E-state index is 4.62. The van der Waals surface area contributed by atoms with E-state index in [1.54, 1.807) is 0 Å². The molecular formula is C16H20N6. The van der Waals surface area contributed by atoms with Crippen molar-refractivity contribution >= 4 is 17.3 Å². The summed E-state index contributed by atoms with van der Waals surface area (Å²) < 4.78 is 1.90. The summed E-state index contributed by atoms with van der Waals surface area (Å²) in [5.74, 6) is 2.62. The summed E-state index contributed by atoms with van der Waals surface area (Å²) in [6.45, 7) is 10.1. The van der Waals surface area contributed by atoms with Crippen molar-refractivity contribution in [3.63, 3.8) is 0 Å². The average molecular weight is 296 g/mol. The Hall–Kier alpha value is -2.50. The fraction of sp³-hybridized carbons (Fsp3) is 0.375. The Balaban J connectivity index is 2.07. The van der Waals surface area contributed by atoms with Gasteiger partial charge in [-0.3, -0.25) is 0 Å². The molecule has 0 aliphatic rings. The molecule has 0 amide bonds. The Morgan fingerprint density at radius 2 is 1.64 bits per heavy atom. The monoisotopic (exact) mass is 296 g/mol. The second-order valence-corrected chi connectivity index (χ2v) is 5.84. The van der Waals surface area contributed by atoms with Crippen LogP contribution in [0.2, 0.25) is 0 Å². The van der Waals surface area contributed by atoms with E-state index in [2.05, 4.69) is 39.2 Å². The highest BCUT2D eigenvalue weighted by Crippen LogP contribution is 2.22. The molecule has 0 spiro atoms. The molecule has 22 heavy (non-hydrogen) atoms. The van der Waals surface area contributed by atoms with E-state index in [1.807, 2.05) is 43.5 Å². The third-order valence-electron chi connectivity index (χ3n) is 3.39. The fourth-order valence-corrected chi connectivity index (χ4v) is 2.50. The molecule has 0 aliphatic carbocycles. The summed E-state index contributed by atoms with van der Waals surface area (Å²) in [6, 6.07) is 5.92. The Labute approximate surface area is 129 Å². The van der Waals surface area contributed by atoms with Gasteiger partial charge in [0.15, 0.2) is 5.65 Å². The first-order chi connectivity index (χ1) is 10.4. The molecule has 3 heterocycles. The number of aryl methyl sites for hydroxylation is 3. The zero-order valence-electron chi connectivity index (χ0n) is 13.5. The molecule has 3 aromatic heterocycles. The van der Waals surface area contributed by atoms with Crippen LogP contribution in [-0.4, -0.2) is 24.6 Å². The molecule has 3 rings (SSSR count). The zero-order valence-corrected chi connectivity index (χ0v) is 13.5. The van der Waals surface area contributed by atoms with Crippen LogP contribution in [0.25, 0.3) is 5.65 Å². The van der Waals surface area contributed by atoms with Gasteiger partial charge in [-0.05, 0) is 26.7 Å². The van der Waals surface area contributed by atoms with Gasteiger partial charge in [0.2, 0.25) is 0 Å². The molecule has 114 valence electrons. The molecule has 3 aromatic rings. The summed E-state index contributed by atoms with van der Waals surface area (Å²) in [5.41, 5.74) is 3.84. The van der Waals surface area contributed by atoms with Crippen LogP contribution in [0.4, 0.5) is 11.6 Å². The second kappa shape index (κ2) is 5.36. The number of anilines is 2. The van der Waals surface area contributed by atoms with Crippen molar-refractivity contribution in [3.05, 3.63) is 41.1 Å². The van der Waals surface area contributed by atoms with Gasteiger partial charge in [0, 0.05) is 23.9 Å². The van der Waals surface area contributed by atoms with Crippen LogP contribution < -0.4 is 5.32 Å². The van der Waals surface area contributed by atoms with Gasteiger partial charge in [0.1, 0.15) is 17.5 Å². The quantitative estimate of drug-likeness (QED) is 0.803. The Kier molecular flexibility index (Phi) is 3.52. The van der Waals surface area contributed by atoms with Crippen molar-refractivity contribution in [2.24, 2.45) is 0 Å². The number of hydrogen-bond donors (Lipinski definition) is 1. The van der Waals surface area contributed by atoms with Crippen molar-refractivity contribution in [1.82, 2.24) is 24.6 Å². The Bertz CT molecular complexity index is 814. The largest absolute Gasteiger partial charge is 0.325 e. The van der Waals surface area contributed by atoms with E-state index >= 15 is 0 Å². The molecule has 0 aliphatic heterocycles. The number of nitrogens with zero attached hydrogens (tertiary/aromatic N) is 5. The number of aromatic nitrogens is 5. The average Bonchev–Trinajstić information content (AvgIpc) is 2.76. The minimum absolute atomic E-state index is 0.347. The van der Waals surface area contributed by atoms with Crippen molar-refractivity contribution in [3.8, 4) is 0 Å². The Morgan fingerprint density at radius 3 is 2.32 bits per heavy atom. The lowest BCUT2D eigenvalue weighted by atomic mass is 10.1. The van der Waals surface area contributed by atoms with Gasteiger partial charge in [0.25, 0.3) is 0 Å². The fourth-order valence-electron chi connectivity index (χ4n) is 2.50. The molecule has 6 nitrogen and oxygen atoms in total. The van der Waals surface area contributed by atoms with Crippen molar-refractivity contribution in [2.75, 3.05) is 5.32 Å². The molecule has 0 saturated carbocycles. The molecule has 0 saturated heterocycles. The first kappa shape index (κ1) is 14.4. The first-order valence-corrected chi connectivity index (χ1v) is 7.39. The third kappa shape index (κ3) is 2.77. The highest BCUT2D eigenvalue weighted by Gasteiger charge is 2.11. The smallest absolute Gasteiger partial charge is 0.157 e. The maximum absolute atomic E-state index is 4.62. The van der Waals surface area contributed by atoms with Gasteiger partial charge < -0.3 is 5.32 Å². The van der Waals surface area contributed by atoms with E-state index in [0.29, 0.717) is 5.92 Å². The lowest BCUT2D eigenvalue weighted by Crippen LogP contribution is -2.06. The minimum Gasteiger partial charge on any atom is -0.325 e. The molecule has 0 atom stereocenters. The van der Waals surface area contributed by atoms with E-state index in [9.17, 15) is 0 Å². The van der Waals surface area contributed by atoms with Crippen LogP contribution in [0, 0.1) is 20.8 Å². The van der Waals surface area contributed by atoms with Crippen LogP contribution in [0.5, 0.6) is 0 Å². The van der Waals surface area contributed by atoms with Gasteiger partial charge in [-0.15, -0.1) is 0 Å². The minimum atomic E-state index is 0.347. The molecule has 0 unspecified atom stereocenters. The summed E-state index contributed by atoms with van der Waals surface area (Å²) in [7, 11) is 0. The molecular weight excluding hydrogens is 276 g/mol. The number of fused-ring (bicyclic) bond motifs is 1. The lowest BCUT2D eigenvalue weighted by molar-refractivity contribution is 0.745. The van der Waals surface area contributed by atoms with Gasteiger partial charge in [-0.25, -0.2) is 19.5 Å². The van der Waals surface area contributed by atoms with Crippen molar-refractivity contribution in [2.45, 2.75) is 40.5 Å². The van der Waals surface area contributed by atoms with Crippen LogP contribution in [0.15, 0.2) is 18.2 Å². The first-order valence-electron chi connectivity index (χ1n) is 7.39. The predicted octanol–water partition coefficient (Wildman–Crippen LogP) is 3.31. The van der Waals surface area contributed by atoms with E-state index in [-0.39, 0.29) is 0 Å². The van der Waals surface area contributed by atoms with Gasteiger partial charge in [-0.1, -0.05) is 13.8 Å². The Morgan fingerprint density at radius 1 is 0.909 bits per heavy atom.